The number of ketones is 1. The van der Waals surface area contributed by atoms with Crippen LogP contribution < -0.4 is 5.32 Å². The number of hydrogen-bond donors (Lipinski definition) is 1. The number of para-hydroxylation sites is 2. The molecule has 1 amide bonds. The van der Waals surface area contributed by atoms with E-state index in [2.05, 4.69) is 10.3 Å². The van der Waals surface area contributed by atoms with Crippen LogP contribution in [-0.2, 0) is 21.7 Å². The minimum atomic E-state index is -4.97. The Morgan fingerprint density at radius 2 is 1.96 bits per heavy atom. The van der Waals surface area contributed by atoms with Gasteiger partial charge in [0.25, 0.3) is 5.66 Å². The number of rotatable bonds is 4. The first-order chi connectivity index (χ1) is 12.8. The van der Waals surface area contributed by atoms with E-state index in [9.17, 15) is 22.8 Å². The van der Waals surface area contributed by atoms with Gasteiger partial charge in [0.1, 0.15) is 5.82 Å². The van der Waals surface area contributed by atoms with Gasteiger partial charge in [-0.3, -0.25) is 14.2 Å². The number of amides is 1. The van der Waals surface area contributed by atoms with Gasteiger partial charge >= 0.3 is 6.18 Å². The zero-order valence-corrected chi connectivity index (χ0v) is 14.7. The summed E-state index contributed by atoms with van der Waals surface area (Å²) in [5, 5.41) is 2.05. The molecule has 1 aliphatic heterocycles. The molecule has 1 N–H and O–H groups in total. The number of benzene rings is 1. The number of halogens is 3. The minimum Gasteiger partial charge on any atom is -0.319 e. The molecule has 0 saturated heterocycles. The smallest absolute Gasteiger partial charge is 0.319 e. The third-order valence-corrected chi connectivity index (χ3v) is 5.67. The molecule has 2 aromatic rings. The molecule has 8 heteroatoms. The molecule has 1 aromatic heterocycles. The number of nitrogens with one attached hydrogen (secondary N) is 1. The maximum atomic E-state index is 14.2. The maximum Gasteiger partial charge on any atom is 0.438 e. The van der Waals surface area contributed by atoms with Gasteiger partial charge in [0.05, 0.1) is 17.5 Å². The Morgan fingerprint density at radius 3 is 2.67 bits per heavy atom. The summed E-state index contributed by atoms with van der Waals surface area (Å²) < 4.78 is 43.4. The third kappa shape index (κ3) is 2.82. The molecule has 4 rings (SSSR count). The summed E-state index contributed by atoms with van der Waals surface area (Å²) in [6, 6.07) is 6.33. The van der Waals surface area contributed by atoms with E-state index in [0.717, 1.165) is 30.3 Å². The van der Waals surface area contributed by atoms with Gasteiger partial charge in [0, 0.05) is 6.42 Å². The molecule has 27 heavy (non-hydrogen) atoms. The third-order valence-electron chi connectivity index (χ3n) is 5.67. The van der Waals surface area contributed by atoms with E-state index in [1.54, 1.807) is 18.2 Å². The van der Waals surface area contributed by atoms with Gasteiger partial charge in [-0.25, -0.2) is 4.98 Å². The average molecular weight is 379 g/mol. The van der Waals surface area contributed by atoms with Crippen LogP contribution in [0.2, 0.25) is 0 Å². The van der Waals surface area contributed by atoms with E-state index in [0.29, 0.717) is 17.9 Å². The number of carbonyl (C=O) groups excluding carboxylic acids is 2. The second kappa shape index (κ2) is 6.35. The largest absolute Gasteiger partial charge is 0.438 e. The van der Waals surface area contributed by atoms with Crippen molar-refractivity contribution >= 4 is 22.7 Å². The molecular weight excluding hydrogens is 359 g/mol. The normalized spacial score (nSPS) is 23.1. The highest BCUT2D eigenvalue weighted by molar-refractivity contribution is 5.97. The quantitative estimate of drug-likeness (QED) is 0.885. The van der Waals surface area contributed by atoms with E-state index in [4.69, 9.17) is 0 Å². The highest BCUT2D eigenvalue weighted by Gasteiger charge is 2.66. The summed E-state index contributed by atoms with van der Waals surface area (Å²) in [6.07, 6.45) is -0.689. The van der Waals surface area contributed by atoms with E-state index < -0.39 is 30.0 Å². The summed E-state index contributed by atoms with van der Waals surface area (Å²) in [4.78, 5) is 29.1. The predicted octanol–water partition coefficient (Wildman–Crippen LogP) is 3.46. The van der Waals surface area contributed by atoms with Gasteiger partial charge in [-0.15, -0.1) is 0 Å². The first kappa shape index (κ1) is 18.0. The Balaban J connectivity index is 1.69. The van der Waals surface area contributed by atoms with Gasteiger partial charge in [0.15, 0.2) is 5.78 Å². The van der Waals surface area contributed by atoms with E-state index >= 15 is 0 Å². The van der Waals surface area contributed by atoms with Crippen LogP contribution in [0.1, 0.15) is 44.3 Å². The number of imidazole rings is 1. The molecule has 1 aliphatic carbocycles. The lowest BCUT2D eigenvalue weighted by molar-refractivity contribution is -0.218. The van der Waals surface area contributed by atoms with Crippen LogP contribution in [0.4, 0.5) is 13.2 Å². The molecule has 1 unspecified atom stereocenters. The molecule has 1 atom stereocenters. The van der Waals surface area contributed by atoms with E-state index in [1.807, 2.05) is 0 Å². The standard InChI is InChI=1S/C19H20F3N3O2/c20-19(21,22)18(24-17(27)10-9-12-5-1-2-6-12)15(26)11-16-23-13-7-3-4-8-14(13)25(16)18/h3-4,7-8,12H,1-2,5-6,9-11H2,(H,24,27). The summed E-state index contributed by atoms with van der Waals surface area (Å²) in [7, 11) is 0. The Labute approximate surface area is 153 Å². The second-order valence-electron chi connectivity index (χ2n) is 7.40. The van der Waals surface area contributed by atoms with Crippen molar-refractivity contribution in [3.8, 4) is 0 Å². The zero-order chi connectivity index (χ0) is 19.2. The van der Waals surface area contributed by atoms with Crippen molar-refractivity contribution in [1.29, 1.82) is 0 Å². The molecule has 1 fully saturated rings. The van der Waals surface area contributed by atoms with Crippen molar-refractivity contribution < 1.29 is 22.8 Å². The molecule has 0 spiro atoms. The summed E-state index contributed by atoms with van der Waals surface area (Å²) in [6.45, 7) is 0. The highest BCUT2D eigenvalue weighted by Crippen LogP contribution is 2.43. The monoisotopic (exact) mass is 379 g/mol. The molecule has 1 aromatic carbocycles. The Morgan fingerprint density at radius 1 is 1.26 bits per heavy atom. The minimum absolute atomic E-state index is 0.0161. The molecule has 1 saturated carbocycles. The van der Waals surface area contributed by atoms with Crippen molar-refractivity contribution in [3.63, 3.8) is 0 Å². The Hall–Kier alpha value is -2.38. The fourth-order valence-corrected chi connectivity index (χ4v) is 4.34. The topological polar surface area (TPSA) is 64.0 Å². The van der Waals surface area contributed by atoms with Crippen molar-refractivity contribution in [2.75, 3.05) is 0 Å². The molecule has 2 heterocycles. The van der Waals surface area contributed by atoms with Crippen molar-refractivity contribution in [1.82, 2.24) is 14.9 Å². The molecule has 5 nitrogen and oxygen atoms in total. The van der Waals surface area contributed by atoms with Crippen LogP contribution in [0.3, 0.4) is 0 Å². The Bertz CT molecular complexity index is 899. The average Bonchev–Trinajstić information content (AvgIpc) is 3.29. The highest BCUT2D eigenvalue weighted by atomic mass is 19.4. The summed E-state index contributed by atoms with van der Waals surface area (Å²) >= 11 is 0. The molecule has 0 bridgehead atoms. The van der Waals surface area contributed by atoms with Gasteiger partial charge in [0.2, 0.25) is 5.91 Å². The predicted molar refractivity (Wildman–Crippen MR) is 91.8 cm³/mol. The molecule has 0 radical (unpaired) electrons. The van der Waals surface area contributed by atoms with E-state index in [1.165, 1.54) is 6.07 Å². The number of aromatic nitrogens is 2. The lowest BCUT2D eigenvalue weighted by Crippen LogP contribution is -2.62. The number of hydrogen-bond acceptors (Lipinski definition) is 3. The fourth-order valence-electron chi connectivity index (χ4n) is 4.34. The molecule has 2 aliphatic rings. The van der Waals surface area contributed by atoms with Gasteiger partial charge in [-0.1, -0.05) is 37.8 Å². The van der Waals surface area contributed by atoms with Crippen molar-refractivity contribution in [3.05, 3.63) is 30.1 Å². The molecule has 144 valence electrons. The van der Waals surface area contributed by atoms with Crippen LogP contribution in [0.25, 0.3) is 11.0 Å². The van der Waals surface area contributed by atoms with Crippen LogP contribution >= 0.6 is 0 Å². The number of nitrogens with zero attached hydrogens (tertiary/aromatic N) is 2. The maximum absolute atomic E-state index is 14.2. The van der Waals surface area contributed by atoms with E-state index in [-0.39, 0.29) is 17.8 Å². The van der Waals surface area contributed by atoms with Crippen LogP contribution in [0, 0.1) is 5.92 Å². The van der Waals surface area contributed by atoms with Gasteiger partial charge < -0.3 is 5.32 Å². The second-order valence-corrected chi connectivity index (χ2v) is 7.40. The number of fused-ring (bicyclic) bond motifs is 3. The number of Topliss-reactive ketones (excluding diaryl/α,β-unsaturated/α-hetero) is 1. The first-order valence-corrected chi connectivity index (χ1v) is 9.21. The lowest BCUT2D eigenvalue weighted by atomic mass is 10.00. The first-order valence-electron chi connectivity index (χ1n) is 9.21. The Kier molecular flexibility index (Phi) is 4.24. The number of carbonyl (C=O) groups is 2. The fraction of sp³-hybridized carbons (Fsp3) is 0.526. The SMILES string of the molecule is O=C(CCC1CCCC1)NC1(C(F)(F)F)C(=O)Cc2nc3ccccc3n21. The van der Waals surface area contributed by atoms with Gasteiger partial charge in [-0.2, -0.15) is 13.2 Å². The molecular formula is C19H20F3N3O2. The van der Waals surface area contributed by atoms with Crippen LogP contribution in [0.5, 0.6) is 0 Å². The van der Waals surface area contributed by atoms with Crippen LogP contribution in [0.15, 0.2) is 24.3 Å². The zero-order valence-electron chi connectivity index (χ0n) is 14.7. The van der Waals surface area contributed by atoms with Crippen molar-refractivity contribution in [2.24, 2.45) is 5.92 Å². The number of alkyl halides is 3. The van der Waals surface area contributed by atoms with Gasteiger partial charge in [-0.05, 0) is 24.5 Å². The lowest BCUT2D eigenvalue weighted by Gasteiger charge is -2.33. The van der Waals surface area contributed by atoms with Crippen LogP contribution in [-0.4, -0.2) is 27.4 Å². The van der Waals surface area contributed by atoms with Crippen molar-refractivity contribution in [2.45, 2.75) is 56.8 Å². The summed E-state index contributed by atoms with van der Waals surface area (Å²) in [5.41, 5.74) is -2.52. The summed E-state index contributed by atoms with van der Waals surface area (Å²) in [5.74, 6) is -1.45.